The third-order valence-electron chi connectivity index (χ3n) is 1.41. The highest BCUT2D eigenvalue weighted by Gasteiger charge is 2.36. The van der Waals surface area contributed by atoms with E-state index in [0.717, 1.165) is 0 Å². The van der Waals surface area contributed by atoms with E-state index in [9.17, 15) is 0 Å². The summed E-state index contributed by atoms with van der Waals surface area (Å²) in [5.74, 6) is 0. The zero-order valence-corrected chi connectivity index (χ0v) is 11.9. The van der Waals surface area contributed by atoms with Gasteiger partial charge >= 0.3 is 14.9 Å². The summed E-state index contributed by atoms with van der Waals surface area (Å²) in [5, 5.41) is 7.19. The van der Waals surface area contributed by atoms with Gasteiger partial charge < -0.3 is 24.1 Å². The van der Waals surface area contributed by atoms with Crippen LogP contribution < -0.4 is 5.73 Å². The highest BCUT2D eigenvalue weighted by atomic mass is 28.4. The second-order valence-electron chi connectivity index (χ2n) is 2.74. The predicted molar refractivity (Wildman–Crippen MR) is 67.7 cm³/mol. The Kier molecular flexibility index (Phi) is 12.6. The molecule has 0 aromatic rings. The van der Waals surface area contributed by atoms with Gasteiger partial charge in [0.15, 0.2) is 0 Å². The molecule has 0 aromatic heterocycles. The van der Waals surface area contributed by atoms with E-state index in [0.29, 0.717) is 19.8 Å². The summed E-state index contributed by atoms with van der Waals surface area (Å²) in [4.78, 5) is 8.78. The fourth-order valence-corrected chi connectivity index (χ4v) is 3.23. The second kappa shape index (κ2) is 11.6. The molecule has 0 atom stereocenters. The Morgan fingerprint density at radius 3 is 1.65 bits per heavy atom. The highest BCUT2D eigenvalue weighted by Crippen LogP contribution is 2.11. The lowest BCUT2D eigenvalue weighted by atomic mass is 10.8. The Balaban J connectivity index is 0. The van der Waals surface area contributed by atoms with Crippen LogP contribution in [0.25, 0.3) is 0 Å². The van der Waals surface area contributed by atoms with Gasteiger partial charge in [-0.3, -0.25) is 0 Å². The minimum absolute atomic E-state index is 0.622. The number of nitrogens with two attached hydrogens (primary N) is 1. The Bertz CT molecular complexity index is 202. The molecule has 0 fully saturated rings. The number of hydrogen-bond donors (Lipinski definition) is 2. The molecule has 0 unspecified atom stereocenters. The third-order valence-corrected chi connectivity index (χ3v) is 4.22. The van der Waals surface area contributed by atoms with E-state index in [2.05, 4.69) is 5.73 Å². The molecule has 0 radical (unpaired) electrons. The minimum Gasteiger partial charge on any atom is -0.465 e. The number of carbonyl (C=O) groups is 1. The maximum Gasteiger partial charge on any atom is 0.529 e. The van der Waals surface area contributed by atoms with Gasteiger partial charge in [0.25, 0.3) is 0 Å². The van der Waals surface area contributed by atoms with Crippen molar-refractivity contribution < 1.29 is 23.2 Å². The predicted octanol–water partition coefficient (Wildman–Crippen LogP) is 1.77. The molecule has 102 valence electrons. The molecule has 0 saturated carbocycles. The lowest BCUT2D eigenvalue weighted by Gasteiger charge is -2.24. The Labute approximate surface area is 104 Å². The molecule has 0 saturated heterocycles. The Morgan fingerprint density at radius 2 is 1.47 bits per heavy atom. The van der Waals surface area contributed by atoms with E-state index < -0.39 is 14.9 Å². The lowest BCUT2D eigenvalue weighted by molar-refractivity contribution is 0.0842. The fraction of sp³-hybridized carbons (Fsp3) is 0.700. The van der Waals surface area contributed by atoms with Gasteiger partial charge in [0.1, 0.15) is 0 Å². The van der Waals surface area contributed by atoms with Crippen molar-refractivity contribution in [2.75, 3.05) is 19.8 Å². The van der Waals surface area contributed by atoms with Crippen LogP contribution in [0.15, 0.2) is 11.8 Å². The maximum atomic E-state index is 8.78. The van der Waals surface area contributed by atoms with Gasteiger partial charge in [-0.2, -0.15) is 0 Å². The topological polar surface area (TPSA) is 91.0 Å². The fourth-order valence-electron chi connectivity index (χ4n) is 1.08. The average Bonchev–Trinajstić information content (AvgIpc) is 2.18. The minimum atomic E-state index is -2.48. The first kappa shape index (κ1) is 18.5. The summed E-state index contributed by atoms with van der Waals surface area (Å²) in [6.45, 7) is 9.65. The molecule has 0 spiro atoms. The molecule has 1 amide bonds. The molecular formula is C10H23NO5Si. The van der Waals surface area contributed by atoms with Crippen molar-refractivity contribution in [1.82, 2.24) is 0 Å². The molecule has 0 aliphatic carbocycles. The van der Waals surface area contributed by atoms with Crippen LogP contribution in [-0.2, 0) is 13.3 Å². The number of amides is 1. The normalized spacial score (nSPS) is 11.1. The molecule has 0 aromatic carbocycles. The van der Waals surface area contributed by atoms with Gasteiger partial charge in [-0.1, -0.05) is 6.08 Å². The van der Waals surface area contributed by atoms with Crippen LogP contribution >= 0.6 is 0 Å². The van der Waals surface area contributed by atoms with E-state index in [1.807, 2.05) is 39.5 Å². The third kappa shape index (κ3) is 11.4. The molecule has 0 bridgehead atoms. The van der Waals surface area contributed by atoms with E-state index >= 15 is 0 Å². The lowest BCUT2D eigenvalue weighted by Crippen LogP contribution is -2.44. The van der Waals surface area contributed by atoms with Crippen LogP contribution in [0.5, 0.6) is 0 Å². The Morgan fingerprint density at radius 1 is 1.18 bits per heavy atom. The molecule has 3 N–H and O–H groups in total. The first-order valence-corrected chi connectivity index (χ1v) is 7.32. The monoisotopic (exact) mass is 265 g/mol. The number of carboxylic acid groups (broad SMARTS) is 1. The standard InChI is InChI=1S/C9H20O3Si.CH3NO2/c1-5-9-13(10-6-2,11-7-3)12-8-4;2-1(3)4/h5,9H,6-8H2,1-4H3;2H2,(H,3,4). The summed E-state index contributed by atoms with van der Waals surface area (Å²) < 4.78 is 16.7. The maximum absolute atomic E-state index is 8.78. The van der Waals surface area contributed by atoms with E-state index in [1.165, 1.54) is 0 Å². The molecule has 0 aliphatic rings. The molecule has 6 nitrogen and oxygen atoms in total. The van der Waals surface area contributed by atoms with Crippen LogP contribution in [-0.4, -0.2) is 39.8 Å². The van der Waals surface area contributed by atoms with Crippen molar-refractivity contribution in [3.05, 3.63) is 11.8 Å². The molecular weight excluding hydrogens is 242 g/mol. The number of allylic oxidation sites excluding steroid dienone is 1. The summed E-state index contributed by atoms with van der Waals surface area (Å²) in [6.07, 6.45) is 0.590. The van der Waals surface area contributed by atoms with E-state index in [4.69, 9.17) is 23.2 Å². The van der Waals surface area contributed by atoms with Crippen molar-refractivity contribution in [1.29, 1.82) is 0 Å². The van der Waals surface area contributed by atoms with Crippen LogP contribution in [0.2, 0.25) is 0 Å². The van der Waals surface area contributed by atoms with Crippen LogP contribution in [0.4, 0.5) is 4.79 Å². The number of hydrogen-bond acceptors (Lipinski definition) is 4. The van der Waals surface area contributed by atoms with Crippen molar-refractivity contribution in [2.45, 2.75) is 27.7 Å². The highest BCUT2D eigenvalue weighted by molar-refractivity contribution is 6.66. The van der Waals surface area contributed by atoms with Crippen molar-refractivity contribution >= 4 is 14.9 Å². The summed E-state index contributed by atoms with van der Waals surface area (Å²) >= 11 is 0. The summed E-state index contributed by atoms with van der Waals surface area (Å²) in [5.41, 5.74) is 5.95. The van der Waals surface area contributed by atoms with Gasteiger partial charge in [0, 0.05) is 19.8 Å². The molecule has 7 heteroatoms. The SMILES string of the molecule is CC=C[Si](OCC)(OCC)OCC.NC(=O)O. The second-order valence-corrected chi connectivity index (χ2v) is 5.15. The van der Waals surface area contributed by atoms with Gasteiger partial charge in [-0.05, 0) is 33.4 Å². The van der Waals surface area contributed by atoms with Gasteiger partial charge in [0.2, 0.25) is 0 Å². The molecule has 0 aliphatic heterocycles. The summed E-state index contributed by atoms with van der Waals surface area (Å²) in [6, 6.07) is 0. The van der Waals surface area contributed by atoms with Gasteiger partial charge in [0.05, 0.1) is 0 Å². The van der Waals surface area contributed by atoms with Gasteiger partial charge in [-0.15, -0.1) is 0 Å². The van der Waals surface area contributed by atoms with Crippen molar-refractivity contribution in [3.8, 4) is 0 Å². The first-order chi connectivity index (χ1) is 7.97. The van der Waals surface area contributed by atoms with Crippen molar-refractivity contribution in [2.24, 2.45) is 5.73 Å². The van der Waals surface area contributed by atoms with E-state index in [1.54, 1.807) is 0 Å². The summed E-state index contributed by atoms with van der Waals surface area (Å²) in [7, 11) is -2.48. The number of primary amides is 1. The van der Waals surface area contributed by atoms with Crippen molar-refractivity contribution in [3.63, 3.8) is 0 Å². The van der Waals surface area contributed by atoms with E-state index in [-0.39, 0.29) is 0 Å². The quantitative estimate of drug-likeness (QED) is 0.685. The van der Waals surface area contributed by atoms with Crippen LogP contribution in [0.1, 0.15) is 27.7 Å². The first-order valence-electron chi connectivity index (χ1n) is 5.52. The molecule has 0 heterocycles. The zero-order valence-electron chi connectivity index (χ0n) is 10.9. The van der Waals surface area contributed by atoms with Crippen LogP contribution in [0.3, 0.4) is 0 Å². The largest absolute Gasteiger partial charge is 0.529 e. The number of rotatable bonds is 7. The zero-order chi connectivity index (χ0) is 13.7. The molecule has 0 rings (SSSR count). The average molecular weight is 265 g/mol. The Hall–Kier alpha value is -0.893. The molecule has 17 heavy (non-hydrogen) atoms. The van der Waals surface area contributed by atoms with Crippen LogP contribution in [0, 0.1) is 0 Å². The smallest absolute Gasteiger partial charge is 0.465 e. The van der Waals surface area contributed by atoms with Gasteiger partial charge in [-0.25, -0.2) is 4.79 Å².